The third-order valence-corrected chi connectivity index (χ3v) is 5.51. The van der Waals surface area contributed by atoms with Crippen LogP contribution in [0.5, 0.6) is 0 Å². The van der Waals surface area contributed by atoms with Gasteiger partial charge in [0.15, 0.2) is 0 Å². The normalized spacial score (nSPS) is 17.3. The molecule has 0 rings (SSSR count). The summed E-state index contributed by atoms with van der Waals surface area (Å²) in [5.74, 6) is -40.7. The number of carbonyl (C=O) groups excluding carboxylic acids is 1. The van der Waals surface area contributed by atoms with Crippen molar-refractivity contribution in [1.82, 2.24) is 10.2 Å². The van der Waals surface area contributed by atoms with Crippen molar-refractivity contribution in [2.24, 2.45) is 0 Å². The first-order valence-corrected chi connectivity index (χ1v) is 10.9. The number of hydrogen-bond acceptors (Lipinski definition) is 2. The highest BCUT2D eigenvalue weighted by atomic mass is 19.4. The van der Waals surface area contributed by atoms with E-state index in [2.05, 4.69) is 0 Å². The Bertz CT molecular complexity index is 1030. The first kappa shape index (κ1) is 43.7. The number of alkyl halides is 24. The lowest BCUT2D eigenvalue weighted by atomic mass is 9.95. The molecule has 0 aromatic heterocycles. The number of quaternary nitrogens is 1. The fourth-order valence-electron chi connectivity index (χ4n) is 3.01. The first-order chi connectivity index (χ1) is 19.5. The molecule has 1 unspecified atom stereocenters. The maximum Gasteiger partial charge on any atom is 0.460 e. The molecule has 1 N–H and O–H groups in total. The SMILES string of the molecule is C[N+](C)(C)CCCNC(=O)C(F)(C(F)(F)F)C(F)(F)N(C(F)(F)C(F)(F)C(F)(F)C(F)(F)F)C(F)(F)C(F)(F)C(F)(F)C(F)(F)F. The highest BCUT2D eigenvalue weighted by Crippen LogP contribution is 2.64. The Labute approximate surface area is 238 Å². The van der Waals surface area contributed by atoms with E-state index in [0.717, 1.165) is 0 Å². The van der Waals surface area contributed by atoms with E-state index in [1.54, 1.807) is 0 Å². The Kier molecular flexibility index (Phi) is 11.1. The fourth-order valence-corrected chi connectivity index (χ4v) is 3.01. The summed E-state index contributed by atoms with van der Waals surface area (Å²) in [7, 11) is 3.75. The molecule has 0 fully saturated rings. The Morgan fingerprint density at radius 1 is 0.500 bits per heavy atom. The summed E-state index contributed by atoms with van der Waals surface area (Å²) in [4.78, 5) is 6.11. The minimum absolute atomic E-state index is 0.261. The molecule has 0 heterocycles. The molecular weight excluding hydrogens is 730 g/mol. The Balaban J connectivity index is 8.12. The van der Waals surface area contributed by atoms with Crippen molar-refractivity contribution in [1.29, 1.82) is 0 Å². The number of hydrogen-bond donors (Lipinski definition) is 1. The van der Waals surface area contributed by atoms with Gasteiger partial charge in [0.05, 0.1) is 27.7 Å². The van der Waals surface area contributed by atoms with Crippen molar-refractivity contribution in [3.63, 3.8) is 0 Å². The van der Waals surface area contributed by atoms with E-state index in [-0.39, 0.29) is 11.0 Å². The van der Waals surface area contributed by atoms with Crippen LogP contribution in [-0.4, -0.2) is 116 Å². The molecule has 0 aliphatic rings. The molecule has 1 atom stereocenters. The van der Waals surface area contributed by atoms with E-state index in [4.69, 9.17) is 0 Å². The smallest absolute Gasteiger partial charge is 0.353 e. The molecule has 0 aliphatic heterocycles. The van der Waals surface area contributed by atoms with Crippen molar-refractivity contribution in [2.75, 3.05) is 34.2 Å². The molecule has 0 bridgehead atoms. The minimum atomic E-state index is -9.56. The Hall–Kier alpha value is -2.29. The summed E-state index contributed by atoms with van der Waals surface area (Å²) in [5.41, 5.74) is -8.24. The third-order valence-electron chi connectivity index (χ3n) is 5.51. The van der Waals surface area contributed by atoms with Crippen molar-refractivity contribution in [2.45, 2.75) is 72.4 Å². The summed E-state index contributed by atoms with van der Waals surface area (Å²) in [5, 5.41) is 0.381. The summed E-state index contributed by atoms with van der Waals surface area (Å²) in [6.07, 6.45) is -25.7. The number of amides is 1. The second-order valence-corrected chi connectivity index (χ2v) is 10.0. The van der Waals surface area contributed by atoms with Crippen LogP contribution in [-0.2, 0) is 4.79 Å². The molecule has 0 spiro atoms. The van der Waals surface area contributed by atoms with Crippen LogP contribution < -0.4 is 5.32 Å². The standard InChI is InChI=1S/C18H15F24N3O/c1-45(2,3)6-4-5-43-7(46)8(19,13(28,29)30)16(37,38)44(17(39,40)11(24,25)9(20,21)14(31,32)33)18(41,42)12(26,27)10(22,23)15(34,35)36/h4-6H2,1-3H3/p+1. The maximum atomic E-state index is 15.0. The topological polar surface area (TPSA) is 32.3 Å². The number of halogens is 24. The minimum Gasteiger partial charge on any atom is -0.353 e. The molecule has 276 valence electrons. The fraction of sp³-hybridized carbons (Fsp3) is 0.944. The van der Waals surface area contributed by atoms with E-state index < -0.39 is 89.8 Å². The van der Waals surface area contributed by atoms with Gasteiger partial charge in [0.2, 0.25) is 0 Å². The molecule has 1 amide bonds. The molecular formula is C18H16F24N3O+. The van der Waals surface area contributed by atoms with Gasteiger partial charge in [-0.15, -0.1) is 4.90 Å². The summed E-state index contributed by atoms with van der Waals surface area (Å²) >= 11 is 0. The second kappa shape index (κ2) is 11.7. The van der Waals surface area contributed by atoms with Crippen molar-refractivity contribution in [3.8, 4) is 0 Å². The molecule has 0 saturated heterocycles. The number of carbonyl (C=O) groups is 1. The average Bonchev–Trinajstić information content (AvgIpc) is 2.76. The molecule has 0 radical (unpaired) electrons. The van der Waals surface area contributed by atoms with Crippen LogP contribution in [0.1, 0.15) is 6.42 Å². The highest BCUT2D eigenvalue weighted by molar-refractivity contribution is 5.87. The number of nitrogens with one attached hydrogen (secondary N) is 1. The van der Waals surface area contributed by atoms with Crippen LogP contribution in [0.15, 0.2) is 0 Å². The maximum absolute atomic E-state index is 15.0. The molecule has 0 aliphatic carbocycles. The molecule has 0 aromatic carbocycles. The monoisotopic (exact) mass is 746 g/mol. The zero-order valence-electron chi connectivity index (χ0n) is 22.0. The van der Waals surface area contributed by atoms with Gasteiger partial charge in [0.25, 0.3) is 5.91 Å². The van der Waals surface area contributed by atoms with Crippen LogP contribution in [0.3, 0.4) is 0 Å². The van der Waals surface area contributed by atoms with E-state index in [1.165, 1.54) is 21.1 Å². The summed E-state index contributed by atoms with van der Waals surface area (Å²) in [6.45, 7) is -1.98. The van der Waals surface area contributed by atoms with Gasteiger partial charge >= 0.3 is 66.0 Å². The predicted octanol–water partition coefficient (Wildman–Crippen LogP) is 7.22. The van der Waals surface area contributed by atoms with Crippen LogP contribution in [0.2, 0.25) is 0 Å². The van der Waals surface area contributed by atoms with Crippen LogP contribution in [0.4, 0.5) is 105 Å². The van der Waals surface area contributed by atoms with Gasteiger partial charge < -0.3 is 9.80 Å². The highest BCUT2D eigenvalue weighted by Gasteiger charge is 2.95. The van der Waals surface area contributed by atoms with Gasteiger partial charge in [-0.3, -0.25) is 4.79 Å². The van der Waals surface area contributed by atoms with E-state index in [1.807, 2.05) is 0 Å². The van der Waals surface area contributed by atoms with Gasteiger partial charge in [-0.2, -0.15) is 101 Å². The van der Waals surface area contributed by atoms with Crippen molar-refractivity contribution < 1.29 is 115 Å². The lowest BCUT2D eigenvalue weighted by Gasteiger charge is -2.50. The van der Waals surface area contributed by atoms with Gasteiger partial charge in [-0.25, -0.2) is 4.39 Å². The zero-order valence-corrected chi connectivity index (χ0v) is 22.0. The summed E-state index contributed by atoms with van der Waals surface area (Å²) < 4.78 is 326. The van der Waals surface area contributed by atoms with Crippen LogP contribution >= 0.6 is 0 Å². The van der Waals surface area contributed by atoms with Crippen LogP contribution in [0, 0.1) is 0 Å². The van der Waals surface area contributed by atoms with Gasteiger partial charge in [-0.1, -0.05) is 0 Å². The molecule has 0 saturated carbocycles. The predicted molar refractivity (Wildman–Crippen MR) is 99.0 cm³/mol. The van der Waals surface area contributed by atoms with Gasteiger partial charge in [-0.05, 0) is 0 Å². The molecule has 28 heteroatoms. The summed E-state index contributed by atoms with van der Waals surface area (Å²) in [6, 6.07) is -28.3. The largest absolute Gasteiger partial charge is 0.460 e. The van der Waals surface area contributed by atoms with Gasteiger partial charge in [0.1, 0.15) is 0 Å². The van der Waals surface area contributed by atoms with E-state index >= 15 is 0 Å². The van der Waals surface area contributed by atoms with Crippen molar-refractivity contribution >= 4 is 5.91 Å². The van der Waals surface area contributed by atoms with Gasteiger partial charge in [0, 0.05) is 13.0 Å². The number of nitrogens with zero attached hydrogens (tertiary/aromatic N) is 2. The molecule has 0 aromatic rings. The quantitative estimate of drug-likeness (QED) is 0.0936. The Morgan fingerprint density at radius 3 is 1.04 bits per heavy atom. The van der Waals surface area contributed by atoms with Crippen LogP contribution in [0.25, 0.3) is 0 Å². The zero-order chi connectivity index (χ0) is 38.0. The van der Waals surface area contributed by atoms with E-state index in [0.29, 0.717) is 5.32 Å². The van der Waals surface area contributed by atoms with E-state index in [9.17, 15) is 110 Å². The average molecular weight is 746 g/mol. The Morgan fingerprint density at radius 2 is 0.804 bits per heavy atom. The van der Waals surface area contributed by atoms with Crippen molar-refractivity contribution in [3.05, 3.63) is 0 Å². The lowest BCUT2D eigenvalue weighted by Crippen LogP contribution is -2.82. The second-order valence-electron chi connectivity index (χ2n) is 10.0. The lowest BCUT2D eigenvalue weighted by molar-refractivity contribution is -0.870. The third kappa shape index (κ3) is 6.68. The molecule has 4 nitrogen and oxygen atoms in total. The first-order valence-electron chi connectivity index (χ1n) is 10.9. The number of rotatable bonds is 13. The molecule has 46 heavy (non-hydrogen) atoms.